The molecule has 0 aromatic rings. The van der Waals surface area contributed by atoms with Gasteiger partial charge in [-0.1, -0.05) is 25.7 Å². The molecule has 2 saturated carbocycles. The highest BCUT2D eigenvalue weighted by Crippen LogP contribution is 2.32. The van der Waals surface area contributed by atoms with Gasteiger partial charge in [-0.05, 0) is 51.6 Å². The molecule has 2 unspecified atom stereocenters. The average molecular weight is 317 g/mol. The predicted octanol–water partition coefficient (Wildman–Crippen LogP) is 2.33. The number of rotatable bonds is 6. The molecule has 2 fully saturated rings. The molecule has 0 bridgehead atoms. The first kappa shape index (κ1) is 17.2. The summed E-state index contributed by atoms with van der Waals surface area (Å²) in [5, 5.41) is -0.125. The molecule has 0 spiro atoms. The van der Waals surface area contributed by atoms with E-state index in [4.69, 9.17) is 5.73 Å². The Kier molecular flexibility index (Phi) is 6.51. The summed E-state index contributed by atoms with van der Waals surface area (Å²) in [6, 6.07) is 1.11. The van der Waals surface area contributed by atoms with Crippen molar-refractivity contribution in [3.05, 3.63) is 0 Å². The molecule has 21 heavy (non-hydrogen) atoms. The Balaban J connectivity index is 2.04. The van der Waals surface area contributed by atoms with Crippen molar-refractivity contribution in [3.63, 3.8) is 0 Å². The number of nitrogens with zero attached hydrogens (tertiary/aromatic N) is 1. The predicted molar refractivity (Wildman–Crippen MR) is 88.1 cm³/mol. The number of hydrogen-bond donors (Lipinski definition) is 1. The van der Waals surface area contributed by atoms with Crippen LogP contribution in [-0.2, 0) is 9.84 Å². The summed E-state index contributed by atoms with van der Waals surface area (Å²) < 4.78 is 23.8. The van der Waals surface area contributed by atoms with E-state index >= 15 is 0 Å². The van der Waals surface area contributed by atoms with Gasteiger partial charge in [0.2, 0.25) is 0 Å². The molecule has 124 valence electrons. The fourth-order valence-electron chi connectivity index (χ4n) is 4.16. The Morgan fingerprint density at radius 2 is 1.67 bits per heavy atom. The number of nitrogens with two attached hydrogens (primary N) is 1. The lowest BCUT2D eigenvalue weighted by atomic mass is 9.88. The third kappa shape index (κ3) is 4.93. The Bertz CT molecular complexity index is 405. The molecule has 2 N–H and O–H groups in total. The maximum atomic E-state index is 11.9. The molecule has 2 atom stereocenters. The summed E-state index contributed by atoms with van der Waals surface area (Å²) in [5.74, 6) is 0. The van der Waals surface area contributed by atoms with Crippen LogP contribution in [-0.4, -0.2) is 50.0 Å². The Hall–Kier alpha value is -0.130. The van der Waals surface area contributed by atoms with Crippen LogP contribution in [0.3, 0.4) is 0 Å². The molecule has 0 radical (unpaired) electrons. The lowest BCUT2D eigenvalue weighted by Gasteiger charge is -2.43. The lowest BCUT2D eigenvalue weighted by Crippen LogP contribution is -2.48. The van der Waals surface area contributed by atoms with Crippen molar-refractivity contribution in [3.8, 4) is 0 Å². The normalized spacial score (nSPS) is 28.9. The second kappa shape index (κ2) is 7.93. The molecule has 0 aromatic carbocycles. The van der Waals surface area contributed by atoms with Crippen molar-refractivity contribution in [1.82, 2.24) is 4.90 Å². The highest BCUT2D eigenvalue weighted by atomic mass is 32.2. The van der Waals surface area contributed by atoms with E-state index in [9.17, 15) is 8.42 Å². The van der Waals surface area contributed by atoms with Crippen molar-refractivity contribution >= 4 is 9.84 Å². The molecule has 0 amide bonds. The molecule has 2 aliphatic rings. The maximum Gasteiger partial charge on any atom is 0.150 e. The van der Waals surface area contributed by atoms with E-state index in [2.05, 4.69) is 4.90 Å². The van der Waals surface area contributed by atoms with Gasteiger partial charge in [0, 0.05) is 18.3 Å². The summed E-state index contributed by atoms with van der Waals surface area (Å²) in [6.45, 7) is 1.77. The summed E-state index contributed by atoms with van der Waals surface area (Å²) in [7, 11) is -2.89. The van der Waals surface area contributed by atoms with Crippen LogP contribution in [0.1, 0.15) is 64.2 Å². The van der Waals surface area contributed by atoms with Gasteiger partial charge in [-0.25, -0.2) is 8.42 Å². The SMILES string of the molecule is CS(=O)(=O)C1CCCC(N(CCCN)C2CCCCC2)C1. The van der Waals surface area contributed by atoms with Crippen LogP contribution < -0.4 is 5.73 Å². The topological polar surface area (TPSA) is 63.4 Å². The zero-order chi connectivity index (χ0) is 15.3. The molecule has 0 aromatic heterocycles. The molecule has 0 saturated heterocycles. The quantitative estimate of drug-likeness (QED) is 0.817. The third-order valence-corrected chi connectivity index (χ3v) is 6.98. The van der Waals surface area contributed by atoms with Gasteiger partial charge >= 0.3 is 0 Å². The van der Waals surface area contributed by atoms with E-state index in [0.29, 0.717) is 12.1 Å². The fourth-order valence-corrected chi connectivity index (χ4v) is 5.33. The van der Waals surface area contributed by atoms with Crippen molar-refractivity contribution in [2.24, 2.45) is 5.73 Å². The highest BCUT2D eigenvalue weighted by molar-refractivity contribution is 7.91. The monoisotopic (exact) mass is 316 g/mol. The van der Waals surface area contributed by atoms with E-state index < -0.39 is 9.84 Å². The number of sulfone groups is 1. The van der Waals surface area contributed by atoms with Gasteiger partial charge in [0.25, 0.3) is 0 Å². The molecular weight excluding hydrogens is 284 g/mol. The smallest absolute Gasteiger partial charge is 0.150 e. The standard InChI is InChI=1S/C16H32N2O2S/c1-21(19,20)16-10-5-9-15(13-16)18(12-6-11-17)14-7-3-2-4-8-14/h14-16H,2-13,17H2,1H3. The minimum atomic E-state index is -2.89. The largest absolute Gasteiger partial charge is 0.330 e. The first-order valence-electron chi connectivity index (χ1n) is 8.67. The summed E-state index contributed by atoms with van der Waals surface area (Å²) in [4.78, 5) is 2.63. The second-order valence-electron chi connectivity index (χ2n) is 6.94. The third-order valence-electron chi connectivity index (χ3n) is 5.34. The van der Waals surface area contributed by atoms with Crippen LogP contribution >= 0.6 is 0 Å². The second-order valence-corrected chi connectivity index (χ2v) is 9.27. The zero-order valence-electron chi connectivity index (χ0n) is 13.5. The minimum Gasteiger partial charge on any atom is -0.330 e. The molecule has 0 aliphatic heterocycles. The Labute approximate surface area is 130 Å². The minimum absolute atomic E-state index is 0.125. The summed E-state index contributed by atoms with van der Waals surface area (Å²) in [5.41, 5.74) is 5.71. The van der Waals surface area contributed by atoms with E-state index in [1.807, 2.05) is 0 Å². The van der Waals surface area contributed by atoms with Crippen LogP contribution in [0.15, 0.2) is 0 Å². The summed E-state index contributed by atoms with van der Waals surface area (Å²) in [6.07, 6.45) is 12.9. The first-order valence-corrected chi connectivity index (χ1v) is 10.6. The Morgan fingerprint density at radius 1 is 1.00 bits per heavy atom. The van der Waals surface area contributed by atoms with E-state index in [1.54, 1.807) is 0 Å². The van der Waals surface area contributed by atoms with Crippen LogP contribution in [0, 0.1) is 0 Å². The molecular formula is C16H32N2O2S. The zero-order valence-corrected chi connectivity index (χ0v) is 14.3. The van der Waals surface area contributed by atoms with Crippen LogP contribution in [0.4, 0.5) is 0 Å². The van der Waals surface area contributed by atoms with E-state index in [0.717, 1.165) is 45.2 Å². The molecule has 0 heterocycles. The van der Waals surface area contributed by atoms with Crippen molar-refractivity contribution < 1.29 is 8.42 Å². The highest BCUT2D eigenvalue weighted by Gasteiger charge is 2.34. The Morgan fingerprint density at radius 3 is 2.29 bits per heavy atom. The molecule has 2 aliphatic carbocycles. The van der Waals surface area contributed by atoms with Crippen molar-refractivity contribution in [2.45, 2.75) is 81.5 Å². The van der Waals surface area contributed by atoms with Gasteiger partial charge in [0.1, 0.15) is 9.84 Å². The number of hydrogen-bond acceptors (Lipinski definition) is 4. The molecule has 2 rings (SSSR count). The first-order chi connectivity index (χ1) is 10.0. The van der Waals surface area contributed by atoms with Crippen molar-refractivity contribution in [1.29, 1.82) is 0 Å². The van der Waals surface area contributed by atoms with Crippen LogP contribution in [0.25, 0.3) is 0 Å². The van der Waals surface area contributed by atoms with Gasteiger partial charge in [-0.15, -0.1) is 0 Å². The van der Waals surface area contributed by atoms with Gasteiger partial charge in [-0.3, -0.25) is 4.90 Å². The fraction of sp³-hybridized carbons (Fsp3) is 1.00. The van der Waals surface area contributed by atoms with Gasteiger partial charge in [0.15, 0.2) is 0 Å². The molecule has 5 heteroatoms. The van der Waals surface area contributed by atoms with E-state index in [-0.39, 0.29) is 5.25 Å². The summed E-state index contributed by atoms with van der Waals surface area (Å²) >= 11 is 0. The average Bonchev–Trinajstić information content (AvgIpc) is 2.48. The van der Waals surface area contributed by atoms with Gasteiger partial charge < -0.3 is 5.73 Å². The van der Waals surface area contributed by atoms with Gasteiger partial charge in [-0.2, -0.15) is 0 Å². The molecule has 4 nitrogen and oxygen atoms in total. The van der Waals surface area contributed by atoms with Gasteiger partial charge in [0.05, 0.1) is 5.25 Å². The van der Waals surface area contributed by atoms with Crippen molar-refractivity contribution in [2.75, 3.05) is 19.3 Å². The van der Waals surface area contributed by atoms with E-state index in [1.165, 1.54) is 38.4 Å². The lowest BCUT2D eigenvalue weighted by molar-refractivity contribution is 0.0810. The maximum absolute atomic E-state index is 11.9. The van der Waals surface area contributed by atoms with Crippen LogP contribution in [0.5, 0.6) is 0 Å². The van der Waals surface area contributed by atoms with Crippen LogP contribution in [0.2, 0.25) is 0 Å².